The number of aliphatic carboxylic acids is 1. The molecule has 1 aromatic carbocycles. The molecule has 0 aromatic heterocycles. The summed E-state index contributed by atoms with van der Waals surface area (Å²) in [4.78, 5) is 43.0. The summed E-state index contributed by atoms with van der Waals surface area (Å²) >= 11 is 0. The highest BCUT2D eigenvalue weighted by Gasteiger charge is 2.19. The molecule has 5 heteroatoms. The lowest BCUT2D eigenvalue weighted by atomic mass is 9.94. The van der Waals surface area contributed by atoms with Gasteiger partial charge in [0.2, 0.25) is 5.78 Å². The Morgan fingerprint density at radius 1 is 0.853 bits per heavy atom. The van der Waals surface area contributed by atoms with Gasteiger partial charge in [-0.3, -0.25) is 14.4 Å². The monoisotopic (exact) mass is 478 g/mol. The highest BCUT2D eigenvalue weighted by atomic mass is 16.4. The van der Waals surface area contributed by atoms with Crippen LogP contribution in [0.2, 0.25) is 0 Å². The average Bonchev–Trinajstić information content (AvgIpc) is 2.79. The number of carbonyl (C=O) groups is 4. The van der Waals surface area contributed by atoms with Gasteiger partial charge in [0, 0.05) is 19.3 Å². The van der Waals surface area contributed by atoms with Gasteiger partial charge in [0.1, 0.15) is 5.78 Å². The lowest BCUT2D eigenvalue weighted by molar-refractivity contribution is -0.139. The second kappa shape index (κ2) is 23.8. The fourth-order valence-corrected chi connectivity index (χ4v) is 3.26. The molecule has 0 radical (unpaired) electrons. The van der Waals surface area contributed by atoms with Crippen LogP contribution < -0.4 is 0 Å². The molecule has 34 heavy (non-hydrogen) atoms. The molecule has 0 saturated heterocycles. The van der Waals surface area contributed by atoms with Crippen molar-refractivity contribution in [2.45, 2.75) is 113 Å². The van der Waals surface area contributed by atoms with E-state index in [1.807, 2.05) is 71.9 Å². The zero-order chi connectivity index (χ0) is 27.1. The molecule has 2 unspecified atom stereocenters. The summed E-state index contributed by atoms with van der Waals surface area (Å²) in [5, 5.41) is 9.05. The molecule has 5 nitrogen and oxygen atoms in total. The van der Waals surface area contributed by atoms with E-state index in [9.17, 15) is 19.2 Å². The average molecular weight is 479 g/mol. The van der Waals surface area contributed by atoms with E-state index >= 15 is 0 Å². The van der Waals surface area contributed by atoms with E-state index in [1.165, 1.54) is 6.92 Å². The summed E-state index contributed by atoms with van der Waals surface area (Å²) < 4.78 is 0. The quantitative estimate of drug-likeness (QED) is 0.311. The minimum atomic E-state index is -0.718. The van der Waals surface area contributed by atoms with E-state index in [1.54, 1.807) is 6.92 Å². The van der Waals surface area contributed by atoms with Crippen LogP contribution in [0.3, 0.4) is 0 Å². The molecule has 0 amide bonds. The Labute approximate surface area is 208 Å². The van der Waals surface area contributed by atoms with Crippen molar-refractivity contribution in [3.63, 3.8) is 0 Å². The van der Waals surface area contributed by atoms with E-state index in [0.717, 1.165) is 50.5 Å². The van der Waals surface area contributed by atoms with Crippen molar-refractivity contribution in [3.8, 4) is 0 Å². The summed E-state index contributed by atoms with van der Waals surface area (Å²) in [6.07, 6.45) is 6.05. The molecule has 0 heterocycles. The van der Waals surface area contributed by atoms with Crippen LogP contribution in [0.1, 0.15) is 119 Å². The fraction of sp³-hybridized carbons (Fsp3) is 0.655. The maximum absolute atomic E-state index is 11.1. The molecule has 0 spiro atoms. The van der Waals surface area contributed by atoms with Crippen molar-refractivity contribution in [1.82, 2.24) is 0 Å². The van der Waals surface area contributed by atoms with Crippen LogP contribution in [0, 0.1) is 11.8 Å². The van der Waals surface area contributed by atoms with Gasteiger partial charge in [0.05, 0.1) is 5.92 Å². The van der Waals surface area contributed by atoms with Crippen molar-refractivity contribution in [2.24, 2.45) is 11.8 Å². The first-order valence-corrected chi connectivity index (χ1v) is 12.8. The van der Waals surface area contributed by atoms with Gasteiger partial charge in [-0.25, -0.2) is 0 Å². The van der Waals surface area contributed by atoms with E-state index in [2.05, 4.69) is 6.92 Å². The minimum absolute atomic E-state index is 0.0301. The number of Topliss-reactive ketones (excluding diaryl/α,β-unsaturated/α-hetero) is 3. The summed E-state index contributed by atoms with van der Waals surface area (Å²) in [5.41, 5.74) is 0.911. The lowest BCUT2D eigenvalue weighted by Crippen LogP contribution is -2.20. The second-order valence-corrected chi connectivity index (χ2v) is 8.56. The molecular weight excluding hydrogens is 428 g/mol. The molecule has 1 N–H and O–H groups in total. The summed E-state index contributed by atoms with van der Waals surface area (Å²) in [6.45, 7) is 17.1. The zero-order valence-electron chi connectivity index (χ0n) is 23.1. The van der Waals surface area contributed by atoms with Gasteiger partial charge in [-0.15, -0.1) is 0 Å². The normalized spacial score (nSPS) is 11.4. The fourth-order valence-electron chi connectivity index (χ4n) is 3.26. The second-order valence-electron chi connectivity index (χ2n) is 8.56. The van der Waals surface area contributed by atoms with Gasteiger partial charge in [0.25, 0.3) is 0 Å². The van der Waals surface area contributed by atoms with Crippen LogP contribution in [-0.2, 0) is 19.2 Å². The first kappa shape index (κ1) is 36.3. The van der Waals surface area contributed by atoms with Crippen LogP contribution in [0.25, 0.3) is 0 Å². The van der Waals surface area contributed by atoms with Crippen LogP contribution >= 0.6 is 0 Å². The Morgan fingerprint density at radius 3 is 1.68 bits per heavy atom. The van der Waals surface area contributed by atoms with Crippen molar-refractivity contribution in [1.29, 1.82) is 0 Å². The summed E-state index contributed by atoms with van der Waals surface area (Å²) in [5.74, 6) is -0.773. The Kier molecular flexibility index (Phi) is 25.4. The lowest BCUT2D eigenvalue weighted by Gasteiger charge is -2.11. The van der Waals surface area contributed by atoms with Crippen LogP contribution in [0.4, 0.5) is 0 Å². The van der Waals surface area contributed by atoms with Crippen LogP contribution in [0.15, 0.2) is 30.3 Å². The number of benzene rings is 1. The molecular formula is C29H50O5. The third-order valence-electron chi connectivity index (χ3n) is 4.89. The third kappa shape index (κ3) is 20.3. The number of carboxylic acid groups (broad SMARTS) is 1. The number of hydrogen-bond donors (Lipinski definition) is 1. The largest absolute Gasteiger partial charge is 0.481 e. The smallest absolute Gasteiger partial charge is 0.310 e. The van der Waals surface area contributed by atoms with Gasteiger partial charge < -0.3 is 9.90 Å². The Balaban J connectivity index is -0.000000430. The summed E-state index contributed by atoms with van der Waals surface area (Å²) in [7, 11) is 0. The van der Waals surface area contributed by atoms with Crippen LogP contribution in [-0.4, -0.2) is 28.4 Å². The number of hydrogen-bond acceptors (Lipinski definition) is 4. The predicted molar refractivity (Wildman–Crippen MR) is 142 cm³/mol. The molecule has 0 saturated carbocycles. The van der Waals surface area contributed by atoms with Gasteiger partial charge in [-0.2, -0.15) is 0 Å². The molecule has 1 aromatic rings. The number of rotatable bonds is 12. The van der Waals surface area contributed by atoms with E-state index in [4.69, 9.17) is 5.11 Å². The summed E-state index contributed by atoms with van der Waals surface area (Å²) in [6, 6.07) is 9.44. The van der Waals surface area contributed by atoms with Gasteiger partial charge in [0.15, 0.2) is 5.78 Å². The number of ketones is 3. The minimum Gasteiger partial charge on any atom is -0.481 e. The predicted octanol–water partition coefficient (Wildman–Crippen LogP) is 7.66. The first-order valence-electron chi connectivity index (χ1n) is 12.8. The molecule has 0 aliphatic rings. The molecule has 0 aliphatic carbocycles. The van der Waals surface area contributed by atoms with Crippen molar-refractivity contribution < 1.29 is 24.3 Å². The Hall–Kier alpha value is -2.30. The van der Waals surface area contributed by atoms with Gasteiger partial charge >= 0.3 is 5.97 Å². The molecule has 0 fully saturated rings. The number of carboxylic acids is 1. The molecule has 0 bridgehead atoms. The first-order chi connectivity index (χ1) is 16.0. The molecule has 0 aliphatic heterocycles. The maximum atomic E-state index is 11.1. The van der Waals surface area contributed by atoms with Crippen molar-refractivity contribution in [3.05, 3.63) is 35.9 Å². The highest BCUT2D eigenvalue weighted by Crippen LogP contribution is 2.21. The highest BCUT2D eigenvalue weighted by molar-refractivity contribution is 6.36. The van der Waals surface area contributed by atoms with E-state index in [0.29, 0.717) is 5.92 Å². The van der Waals surface area contributed by atoms with Gasteiger partial charge in [-0.05, 0) is 37.7 Å². The van der Waals surface area contributed by atoms with E-state index in [-0.39, 0.29) is 29.2 Å². The molecule has 2 atom stereocenters. The van der Waals surface area contributed by atoms with Crippen molar-refractivity contribution >= 4 is 23.3 Å². The third-order valence-corrected chi connectivity index (χ3v) is 4.89. The Morgan fingerprint density at radius 2 is 1.38 bits per heavy atom. The molecule has 1 rings (SSSR count). The number of unbranched alkanes of at least 4 members (excludes halogenated alkanes) is 1. The Bertz CT molecular complexity index is 664. The maximum Gasteiger partial charge on any atom is 0.310 e. The standard InChI is InChI=1S/C12H16O2.C9H16O2.C6H12O.C2H6/c1-2-3-9-11(12(13)14)10-7-5-4-6-8-10;1-4-6-8(5-2)9(11)7(3)10;1-5(2)4-6(3)7;1-2/h4-8,11H,2-3,9H2,1H3,(H,13,14);8H,4-6H2,1-3H3;5H,4H2,1-3H3;1-2H3. The van der Waals surface area contributed by atoms with Crippen molar-refractivity contribution in [2.75, 3.05) is 0 Å². The SMILES string of the molecule is CC.CC(=O)CC(C)C.CCCC(CC)C(=O)C(C)=O.CCCCC(C(=O)O)c1ccccc1. The van der Waals surface area contributed by atoms with E-state index < -0.39 is 5.97 Å². The van der Waals surface area contributed by atoms with Gasteiger partial charge in [-0.1, -0.05) is 98.1 Å². The zero-order valence-corrected chi connectivity index (χ0v) is 23.1. The number of carbonyl (C=O) groups excluding carboxylic acids is 3. The topological polar surface area (TPSA) is 88.5 Å². The van der Waals surface area contributed by atoms with Crippen LogP contribution in [0.5, 0.6) is 0 Å². The molecule has 196 valence electrons.